The molecule has 0 bridgehead atoms. The van der Waals surface area contributed by atoms with Gasteiger partial charge in [-0.15, -0.1) is 11.6 Å². The lowest BCUT2D eigenvalue weighted by molar-refractivity contribution is 0.459. The number of allylic oxidation sites excluding steroid dienone is 1. The van der Waals surface area contributed by atoms with E-state index >= 15 is 0 Å². The fraction of sp³-hybridized carbons (Fsp3) is 0.111. The average molecular weight is 185 g/mol. The Balaban J connectivity index is 3.13. The first-order chi connectivity index (χ1) is 5.65. The van der Waals surface area contributed by atoms with E-state index in [2.05, 4.69) is 6.58 Å². The van der Waals surface area contributed by atoms with Gasteiger partial charge in [0.15, 0.2) is 0 Å². The van der Waals surface area contributed by atoms with Gasteiger partial charge < -0.3 is 10.2 Å². The van der Waals surface area contributed by atoms with Crippen LogP contribution in [0.15, 0.2) is 24.8 Å². The highest BCUT2D eigenvalue weighted by molar-refractivity contribution is 6.23. The molecule has 3 heteroatoms. The minimum Gasteiger partial charge on any atom is -0.508 e. The fourth-order valence-electron chi connectivity index (χ4n) is 0.879. The summed E-state index contributed by atoms with van der Waals surface area (Å²) in [6.45, 7) is 3.64. The summed E-state index contributed by atoms with van der Waals surface area (Å²) in [6.07, 6.45) is 0. The van der Waals surface area contributed by atoms with Gasteiger partial charge >= 0.3 is 0 Å². The Labute approximate surface area is 75.7 Å². The average Bonchev–Trinajstić information content (AvgIpc) is 2.08. The summed E-state index contributed by atoms with van der Waals surface area (Å²) in [7, 11) is 0. The smallest absolute Gasteiger partial charge is 0.123 e. The van der Waals surface area contributed by atoms with Crippen LogP contribution in [0.25, 0.3) is 5.57 Å². The van der Waals surface area contributed by atoms with Crippen molar-refractivity contribution in [2.24, 2.45) is 0 Å². The normalized spacial score (nSPS) is 9.75. The highest BCUT2D eigenvalue weighted by atomic mass is 35.5. The van der Waals surface area contributed by atoms with E-state index in [1.165, 1.54) is 18.2 Å². The van der Waals surface area contributed by atoms with Gasteiger partial charge in [-0.1, -0.05) is 6.58 Å². The molecule has 0 aliphatic rings. The molecule has 0 aliphatic carbocycles. The van der Waals surface area contributed by atoms with Crippen molar-refractivity contribution in [3.63, 3.8) is 0 Å². The number of alkyl halides is 1. The molecule has 0 heterocycles. The van der Waals surface area contributed by atoms with Gasteiger partial charge in [-0.3, -0.25) is 0 Å². The fourth-order valence-corrected chi connectivity index (χ4v) is 1.02. The minimum atomic E-state index is 0.0819. The first-order valence-corrected chi connectivity index (χ1v) is 3.94. The van der Waals surface area contributed by atoms with Crippen LogP contribution in [-0.2, 0) is 0 Å². The van der Waals surface area contributed by atoms with Gasteiger partial charge in [-0.2, -0.15) is 0 Å². The Morgan fingerprint density at radius 1 is 1.42 bits per heavy atom. The van der Waals surface area contributed by atoms with Gasteiger partial charge in [0, 0.05) is 11.4 Å². The molecule has 0 saturated carbocycles. The van der Waals surface area contributed by atoms with Crippen molar-refractivity contribution in [2.45, 2.75) is 0 Å². The zero-order valence-corrected chi connectivity index (χ0v) is 7.17. The van der Waals surface area contributed by atoms with E-state index in [1.54, 1.807) is 0 Å². The van der Waals surface area contributed by atoms with Crippen LogP contribution in [0.5, 0.6) is 11.5 Å². The molecule has 1 rings (SSSR count). The number of benzene rings is 1. The van der Waals surface area contributed by atoms with Crippen molar-refractivity contribution in [1.82, 2.24) is 0 Å². The molecule has 0 saturated heterocycles. The topological polar surface area (TPSA) is 40.5 Å². The lowest BCUT2D eigenvalue weighted by Crippen LogP contribution is -1.84. The molecule has 0 fully saturated rings. The Hall–Kier alpha value is -1.15. The molecule has 0 aromatic heterocycles. The van der Waals surface area contributed by atoms with Crippen LogP contribution in [0.3, 0.4) is 0 Å². The Morgan fingerprint density at radius 2 is 2.08 bits per heavy atom. The molecule has 0 atom stereocenters. The monoisotopic (exact) mass is 184 g/mol. The molecule has 12 heavy (non-hydrogen) atoms. The van der Waals surface area contributed by atoms with Gasteiger partial charge in [-0.05, 0) is 23.8 Å². The van der Waals surface area contributed by atoms with E-state index in [1.807, 2.05) is 0 Å². The maximum Gasteiger partial charge on any atom is 0.123 e. The zero-order chi connectivity index (χ0) is 9.14. The lowest BCUT2D eigenvalue weighted by atomic mass is 10.1. The number of hydrogen-bond acceptors (Lipinski definition) is 2. The number of aromatic hydroxyl groups is 2. The molecule has 2 N–H and O–H groups in total. The molecule has 0 unspecified atom stereocenters. The van der Waals surface area contributed by atoms with Crippen molar-refractivity contribution in [1.29, 1.82) is 0 Å². The van der Waals surface area contributed by atoms with E-state index in [4.69, 9.17) is 16.7 Å². The standard InChI is InChI=1S/C9H9ClO2/c1-6(5-10)8-4-7(11)2-3-9(8)12/h2-4,11-12H,1,5H2. The van der Waals surface area contributed by atoms with Crippen molar-refractivity contribution in [3.8, 4) is 11.5 Å². The molecular formula is C9H9ClO2. The van der Waals surface area contributed by atoms with Gasteiger partial charge in [0.1, 0.15) is 11.5 Å². The number of rotatable bonds is 2. The predicted octanol–water partition coefficient (Wildman–Crippen LogP) is 2.35. The van der Waals surface area contributed by atoms with Gasteiger partial charge in [-0.25, -0.2) is 0 Å². The van der Waals surface area contributed by atoms with Crippen LogP contribution in [0, 0.1) is 0 Å². The highest BCUT2D eigenvalue weighted by Gasteiger charge is 2.04. The van der Waals surface area contributed by atoms with Crippen LogP contribution in [0.4, 0.5) is 0 Å². The summed E-state index contributed by atoms with van der Waals surface area (Å²) in [5.74, 6) is 0.407. The second-order valence-electron chi connectivity index (χ2n) is 2.44. The minimum absolute atomic E-state index is 0.0819. The highest BCUT2D eigenvalue weighted by Crippen LogP contribution is 2.28. The van der Waals surface area contributed by atoms with Crippen LogP contribution in [0.1, 0.15) is 5.56 Å². The molecular weight excluding hydrogens is 176 g/mol. The number of hydrogen-bond donors (Lipinski definition) is 2. The first-order valence-electron chi connectivity index (χ1n) is 3.41. The van der Waals surface area contributed by atoms with Crippen molar-refractivity contribution in [2.75, 3.05) is 5.88 Å². The molecule has 0 aliphatic heterocycles. The van der Waals surface area contributed by atoms with Crippen molar-refractivity contribution in [3.05, 3.63) is 30.3 Å². The molecule has 1 aromatic carbocycles. The van der Waals surface area contributed by atoms with Crippen molar-refractivity contribution >= 4 is 17.2 Å². The molecule has 0 amide bonds. The number of phenols is 2. The summed E-state index contributed by atoms with van der Waals surface area (Å²) in [5.41, 5.74) is 1.08. The van der Waals surface area contributed by atoms with Gasteiger partial charge in [0.25, 0.3) is 0 Å². The molecule has 2 nitrogen and oxygen atoms in total. The number of phenolic OH excluding ortho intramolecular Hbond substituents is 2. The predicted molar refractivity (Wildman–Crippen MR) is 49.5 cm³/mol. The third-order valence-electron chi connectivity index (χ3n) is 1.52. The van der Waals surface area contributed by atoms with E-state index in [-0.39, 0.29) is 17.4 Å². The van der Waals surface area contributed by atoms with Crippen LogP contribution < -0.4 is 0 Å². The zero-order valence-electron chi connectivity index (χ0n) is 6.42. The van der Waals surface area contributed by atoms with Gasteiger partial charge in [0.05, 0.1) is 0 Å². The second kappa shape index (κ2) is 3.50. The van der Waals surface area contributed by atoms with Crippen LogP contribution >= 0.6 is 11.6 Å². The van der Waals surface area contributed by atoms with Crippen molar-refractivity contribution < 1.29 is 10.2 Å². The SMILES string of the molecule is C=C(CCl)c1cc(O)ccc1O. The third-order valence-corrected chi connectivity index (χ3v) is 1.84. The van der Waals surface area contributed by atoms with E-state index in [0.717, 1.165) is 0 Å². The Kier molecular flexibility index (Phi) is 2.61. The first kappa shape index (κ1) is 8.94. The number of halogens is 1. The second-order valence-corrected chi connectivity index (χ2v) is 2.71. The molecule has 0 radical (unpaired) electrons. The molecule has 1 aromatic rings. The molecule has 0 spiro atoms. The van der Waals surface area contributed by atoms with Crippen LogP contribution in [0.2, 0.25) is 0 Å². The largest absolute Gasteiger partial charge is 0.508 e. The lowest BCUT2D eigenvalue weighted by Gasteiger charge is -2.04. The summed E-state index contributed by atoms with van der Waals surface area (Å²) < 4.78 is 0. The Bertz CT molecular complexity index is 307. The summed E-state index contributed by atoms with van der Waals surface area (Å²) in [5, 5.41) is 18.4. The maximum atomic E-state index is 9.31. The van der Waals surface area contributed by atoms with Crippen LogP contribution in [-0.4, -0.2) is 16.1 Å². The maximum absolute atomic E-state index is 9.31. The summed E-state index contributed by atoms with van der Waals surface area (Å²) in [4.78, 5) is 0. The molecule has 64 valence electrons. The summed E-state index contributed by atoms with van der Waals surface area (Å²) >= 11 is 5.52. The van der Waals surface area contributed by atoms with E-state index in [9.17, 15) is 5.11 Å². The van der Waals surface area contributed by atoms with E-state index < -0.39 is 0 Å². The third kappa shape index (κ3) is 1.71. The van der Waals surface area contributed by atoms with Gasteiger partial charge in [0.2, 0.25) is 0 Å². The van der Waals surface area contributed by atoms with E-state index in [0.29, 0.717) is 11.1 Å². The quantitative estimate of drug-likeness (QED) is 0.547. The Morgan fingerprint density at radius 3 is 2.67 bits per heavy atom. The summed E-state index contributed by atoms with van der Waals surface area (Å²) in [6, 6.07) is 4.24.